The predicted octanol–water partition coefficient (Wildman–Crippen LogP) is 5.31. The quantitative estimate of drug-likeness (QED) is 0.508. The Balaban J connectivity index is 1.72. The number of hydrogen-bond donors (Lipinski definition) is 1. The lowest BCUT2D eigenvalue weighted by molar-refractivity contribution is -0.384. The third-order valence-corrected chi connectivity index (χ3v) is 4.37. The molecule has 1 N–H and O–H groups in total. The Morgan fingerprint density at radius 3 is 1.92 bits per heavy atom. The SMILES string of the molecule is CC(Cc1ccc(O)cc1)c1ccc(-c2ccc([N+](=O)[O-])cc2)cc1. The summed E-state index contributed by atoms with van der Waals surface area (Å²) in [5.74, 6) is 0.638. The average Bonchev–Trinajstić information content (AvgIpc) is 2.64. The maximum absolute atomic E-state index is 10.7. The Morgan fingerprint density at radius 1 is 0.880 bits per heavy atom. The number of nitro benzene ring substituents is 1. The molecule has 0 bridgehead atoms. The van der Waals surface area contributed by atoms with E-state index in [0.717, 1.165) is 17.5 Å². The maximum Gasteiger partial charge on any atom is 0.269 e. The molecule has 3 aromatic rings. The first-order chi connectivity index (χ1) is 12.0. The van der Waals surface area contributed by atoms with E-state index in [1.807, 2.05) is 24.3 Å². The van der Waals surface area contributed by atoms with Gasteiger partial charge in [0, 0.05) is 12.1 Å². The molecule has 0 radical (unpaired) electrons. The molecule has 0 aliphatic heterocycles. The van der Waals surface area contributed by atoms with Gasteiger partial charge >= 0.3 is 0 Å². The molecule has 0 spiro atoms. The Morgan fingerprint density at radius 2 is 1.40 bits per heavy atom. The highest BCUT2D eigenvalue weighted by atomic mass is 16.6. The fourth-order valence-electron chi connectivity index (χ4n) is 2.88. The van der Waals surface area contributed by atoms with Crippen LogP contribution in [0.1, 0.15) is 24.0 Å². The first kappa shape index (κ1) is 16.7. The summed E-state index contributed by atoms with van der Waals surface area (Å²) in [6.07, 6.45) is 0.900. The maximum atomic E-state index is 10.7. The van der Waals surface area contributed by atoms with Crippen LogP contribution in [0.5, 0.6) is 5.75 Å². The lowest BCUT2D eigenvalue weighted by atomic mass is 9.92. The molecular weight excluding hydrogens is 314 g/mol. The van der Waals surface area contributed by atoms with Crippen LogP contribution in [-0.4, -0.2) is 10.0 Å². The molecule has 0 saturated carbocycles. The van der Waals surface area contributed by atoms with E-state index < -0.39 is 4.92 Å². The first-order valence-corrected chi connectivity index (χ1v) is 8.15. The molecular formula is C21H19NO3. The number of hydrogen-bond acceptors (Lipinski definition) is 3. The highest BCUT2D eigenvalue weighted by Crippen LogP contribution is 2.26. The van der Waals surface area contributed by atoms with Crippen LogP contribution in [0.25, 0.3) is 11.1 Å². The molecule has 1 unspecified atom stereocenters. The van der Waals surface area contributed by atoms with Crippen molar-refractivity contribution in [2.24, 2.45) is 0 Å². The van der Waals surface area contributed by atoms with Crippen molar-refractivity contribution in [1.29, 1.82) is 0 Å². The third kappa shape index (κ3) is 4.04. The van der Waals surface area contributed by atoms with Gasteiger partial charge in [0.2, 0.25) is 0 Å². The van der Waals surface area contributed by atoms with Gasteiger partial charge in [0.15, 0.2) is 0 Å². The summed E-state index contributed by atoms with van der Waals surface area (Å²) in [4.78, 5) is 10.3. The van der Waals surface area contributed by atoms with Crippen molar-refractivity contribution in [1.82, 2.24) is 0 Å². The van der Waals surface area contributed by atoms with E-state index in [-0.39, 0.29) is 11.4 Å². The Labute approximate surface area is 146 Å². The van der Waals surface area contributed by atoms with E-state index in [4.69, 9.17) is 0 Å². The molecule has 0 fully saturated rings. The highest BCUT2D eigenvalue weighted by molar-refractivity contribution is 5.65. The Kier molecular flexibility index (Phi) is 4.80. The van der Waals surface area contributed by atoms with Crippen LogP contribution in [0.2, 0.25) is 0 Å². The van der Waals surface area contributed by atoms with Crippen LogP contribution < -0.4 is 0 Å². The number of nitro groups is 1. The van der Waals surface area contributed by atoms with Crippen LogP contribution in [-0.2, 0) is 6.42 Å². The summed E-state index contributed by atoms with van der Waals surface area (Å²) in [6, 6.07) is 22.2. The van der Waals surface area contributed by atoms with Gasteiger partial charge < -0.3 is 5.11 Å². The number of rotatable bonds is 5. The zero-order chi connectivity index (χ0) is 17.8. The first-order valence-electron chi connectivity index (χ1n) is 8.15. The standard InChI is InChI=1S/C21H19NO3/c1-15(14-16-2-12-21(23)13-3-16)17-4-6-18(7-5-17)19-8-10-20(11-9-19)22(24)25/h2-13,15,23H,14H2,1H3. The van der Waals surface area contributed by atoms with Crippen molar-refractivity contribution in [3.63, 3.8) is 0 Å². The van der Waals surface area contributed by atoms with Gasteiger partial charge in [-0.05, 0) is 58.9 Å². The summed E-state index contributed by atoms with van der Waals surface area (Å²) in [6.45, 7) is 2.17. The van der Waals surface area contributed by atoms with Gasteiger partial charge in [0.1, 0.15) is 5.75 Å². The third-order valence-electron chi connectivity index (χ3n) is 4.37. The normalized spacial score (nSPS) is 11.9. The lowest BCUT2D eigenvalue weighted by Gasteiger charge is -2.13. The molecule has 1 atom stereocenters. The largest absolute Gasteiger partial charge is 0.508 e. The number of non-ortho nitro benzene ring substituents is 1. The highest BCUT2D eigenvalue weighted by Gasteiger charge is 2.09. The molecule has 3 aromatic carbocycles. The molecule has 3 rings (SSSR count). The van der Waals surface area contributed by atoms with E-state index in [2.05, 4.69) is 19.1 Å². The zero-order valence-electron chi connectivity index (χ0n) is 13.9. The fourth-order valence-corrected chi connectivity index (χ4v) is 2.88. The lowest BCUT2D eigenvalue weighted by Crippen LogP contribution is -1.98. The molecule has 0 aromatic heterocycles. The van der Waals surface area contributed by atoms with Crippen LogP contribution in [0.4, 0.5) is 5.69 Å². The molecule has 0 aliphatic rings. The van der Waals surface area contributed by atoms with Crippen molar-refractivity contribution >= 4 is 5.69 Å². The van der Waals surface area contributed by atoms with Crippen LogP contribution >= 0.6 is 0 Å². The minimum Gasteiger partial charge on any atom is -0.508 e. The Hall–Kier alpha value is -3.14. The molecule has 0 amide bonds. The smallest absolute Gasteiger partial charge is 0.269 e. The van der Waals surface area contributed by atoms with Gasteiger partial charge in [-0.25, -0.2) is 0 Å². The van der Waals surface area contributed by atoms with E-state index in [0.29, 0.717) is 5.92 Å². The second-order valence-corrected chi connectivity index (χ2v) is 6.20. The molecule has 4 nitrogen and oxygen atoms in total. The van der Waals surface area contributed by atoms with Crippen LogP contribution in [0.3, 0.4) is 0 Å². The van der Waals surface area contributed by atoms with Gasteiger partial charge in [-0.3, -0.25) is 10.1 Å². The van der Waals surface area contributed by atoms with E-state index in [1.54, 1.807) is 24.3 Å². The number of phenols is 1. The predicted molar refractivity (Wildman–Crippen MR) is 98.8 cm³/mol. The topological polar surface area (TPSA) is 63.4 Å². The van der Waals surface area contributed by atoms with Gasteiger partial charge in [-0.1, -0.05) is 43.3 Å². The zero-order valence-corrected chi connectivity index (χ0v) is 13.9. The second-order valence-electron chi connectivity index (χ2n) is 6.20. The van der Waals surface area contributed by atoms with Crippen molar-refractivity contribution in [3.8, 4) is 16.9 Å². The molecule has 0 saturated heterocycles. The molecule has 4 heteroatoms. The molecule has 0 aliphatic carbocycles. The van der Waals surface area contributed by atoms with Gasteiger partial charge in [0.25, 0.3) is 5.69 Å². The Bertz CT molecular complexity index is 853. The van der Waals surface area contributed by atoms with E-state index in [1.165, 1.54) is 23.3 Å². The van der Waals surface area contributed by atoms with Crippen molar-refractivity contribution in [2.75, 3.05) is 0 Å². The van der Waals surface area contributed by atoms with E-state index >= 15 is 0 Å². The number of aromatic hydroxyl groups is 1. The van der Waals surface area contributed by atoms with Crippen LogP contribution in [0, 0.1) is 10.1 Å². The number of benzene rings is 3. The second kappa shape index (κ2) is 7.18. The summed E-state index contributed by atoms with van der Waals surface area (Å²) < 4.78 is 0. The van der Waals surface area contributed by atoms with Crippen molar-refractivity contribution < 1.29 is 10.0 Å². The molecule has 25 heavy (non-hydrogen) atoms. The minimum absolute atomic E-state index is 0.0999. The van der Waals surface area contributed by atoms with Gasteiger partial charge in [-0.2, -0.15) is 0 Å². The van der Waals surface area contributed by atoms with Gasteiger partial charge in [-0.15, -0.1) is 0 Å². The monoisotopic (exact) mass is 333 g/mol. The summed E-state index contributed by atoms with van der Waals surface area (Å²) in [7, 11) is 0. The van der Waals surface area contributed by atoms with E-state index in [9.17, 15) is 15.2 Å². The summed E-state index contributed by atoms with van der Waals surface area (Å²) in [5.41, 5.74) is 4.52. The fraction of sp³-hybridized carbons (Fsp3) is 0.143. The summed E-state index contributed by atoms with van der Waals surface area (Å²) in [5, 5.41) is 20.1. The summed E-state index contributed by atoms with van der Waals surface area (Å²) >= 11 is 0. The van der Waals surface area contributed by atoms with Crippen LogP contribution in [0.15, 0.2) is 72.8 Å². The van der Waals surface area contributed by atoms with Gasteiger partial charge in [0.05, 0.1) is 4.92 Å². The number of nitrogens with zero attached hydrogens (tertiary/aromatic N) is 1. The van der Waals surface area contributed by atoms with Crippen molar-refractivity contribution in [3.05, 3.63) is 94.0 Å². The minimum atomic E-state index is -0.391. The average molecular weight is 333 g/mol. The number of phenolic OH excluding ortho intramolecular Hbond substituents is 1. The molecule has 0 heterocycles. The molecule has 126 valence electrons. The van der Waals surface area contributed by atoms with Crippen molar-refractivity contribution in [2.45, 2.75) is 19.3 Å².